The Bertz CT molecular complexity index is 826. The molecule has 1 unspecified atom stereocenters. The van der Waals surface area contributed by atoms with Gasteiger partial charge in [0.2, 0.25) is 0 Å². The zero-order chi connectivity index (χ0) is 24.9. The molecular formula is C28H41BrO6. The highest BCUT2D eigenvalue weighted by Crippen LogP contribution is 2.53. The van der Waals surface area contributed by atoms with Crippen molar-refractivity contribution in [1.82, 2.24) is 0 Å². The predicted molar refractivity (Wildman–Crippen MR) is 141 cm³/mol. The Balaban J connectivity index is 1.69. The summed E-state index contributed by atoms with van der Waals surface area (Å²) in [5, 5.41) is 1.04. The molecule has 1 aliphatic carbocycles. The van der Waals surface area contributed by atoms with E-state index in [1.165, 1.54) is 5.56 Å². The minimum absolute atomic E-state index is 0.0293. The number of benzene rings is 1. The second-order valence-corrected chi connectivity index (χ2v) is 10.3. The summed E-state index contributed by atoms with van der Waals surface area (Å²) in [7, 11) is 3.26. The number of unbranched alkanes of at least 4 members (excludes halogenated alkanes) is 2. The second kappa shape index (κ2) is 14.9. The Morgan fingerprint density at radius 2 is 1.80 bits per heavy atom. The molecule has 0 N–H and O–H groups in total. The molecule has 1 heterocycles. The van der Waals surface area contributed by atoms with Gasteiger partial charge in [-0.3, -0.25) is 0 Å². The molecule has 0 radical (unpaired) electrons. The van der Waals surface area contributed by atoms with E-state index >= 15 is 0 Å². The molecule has 1 aliphatic heterocycles. The first-order chi connectivity index (χ1) is 17.1. The molecular weight excluding hydrogens is 512 g/mol. The molecule has 0 saturated carbocycles. The fourth-order valence-corrected chi connectivity index (χ4v) is 5.36. The Morgan fingerprint density at radius 3 is 2.51 bits per heavy atom. The lowest BCUT2D eigenvalue weighted by Gasteiger charge is -2.47. The van der Waals surface area contributed by atoms with Gasteiger partial charge in [0.15, 0.2) is 13.6 Å². The fraction of sp³-hybridized carbons (Fsp3) is 0.643. The number of hydrogen-bond donors (Lipinski definition) is 0. The topological polar surface area (TPSA) is 55.4 Å². The van der Waals surface area contributed by atoms with E-state index in [2.05, 4.69) is 47.1 Å². The Morgan fingerprint density at radius 1 is 1.03 bits per heavy atom. The van der Waals surface area contributed by atoms with Gasteiger partial charge in [-0.1, -0.05) is 41.4 Å². The van der Waals surface area contributed by atoms with Gasteiger partial charge in [0.05, 0.1) is 6.61 Å². The van der Waals surface area contributed by atoms with E-state index in [1.807, 2.05) is 12.1 Å². The summed E-state index contributed by atoms with van der Waals surface area (Å²) in [5.74, 6) is 3.30. The van der Waals surface area contributed by atoms with Gasteiger partial charge in [0, 0.05) is 44.2 Å². The lowest BCUT2D eigenvalue weighted by molar-refractivity contribution is 0.00767. The van der Waals surface area contributed by atoms with E-state index in [9.17, 15) is 0 Å². The standard InChI is InChI=1S/C28H41BrO6/c1-28(22-9-11-23(12-10-22)34-20-30-2)19-33-27-18-24(35-21-31-3)13-14-25(27)26(28)8-4-6-16-32-17-7-5-15-29/h9,11-14,18,22,26H,4-8,10,15-17,19-21H2,1-3H3/t22?,26-,28-/m1/s1. The Labute approximate surface area is 219 Å². The van der Waals surface area contributed by atoms with Crippen molar-refractivity contribution in [3.05, 3.63) is 47.7 Å². The number of rotatable bonds is 16. The van der Waals surface area contributed by atoms with Crippen molar-refractivity contribution in [1.29, 1.82) is 0 Å². The second-order valence-electron chi connectivity index (χ2n) is 9.46. The van der Waals surface area contributed by atoms with Crippen molar-refractivity contribution in [3.8, 4) is 11.5 Å². The quantitative estimate of drug-likeness (QED) is 0.131. The van der Waals surface area contributed by atoms with Crippen LogP contribution in [0.25, 0.3) is 0 Å². The highest BCUT2D eigenvalue weighted by Gasteiger charge is 2.45. The minimum atomic E-state index is -0.0293. The van der Waals surface area contributed by atoms with Crippen LogP contribution in [-0.2, 0) is 18.9 Å². The largest absolute Gasteiger partial charge is 0.493 e. The predicted octanol–water partition coefficient (Wildman–Crippen LogP) is 6.59. The van der Waals surface area contributed by atoms with E-state index in [0.29, 0.717) is 18.4 Å². The monoisotopic (exact) mass is 552 g/mol. The van der Waals surface area contributed by atoms with Crippen molar-refractivity contribution in [2.45, 2.75) is 51.4 Å². The first kappa shape index (κ1) is 28.0. The lowest BCUT2D eigenvalue weighted by Crippen LogP contribution is -2.42. The van der Waals surface area contributed by atoms with E-state index < -0.39 is 0 Å². The van der Waals surface area contributed by atoms with Gasteiger partial charge in [0.25, 0.3) is 0 Å². The molecule has 7 heteroatoms. The first-order valence-electron chi connectivity index (χ1n) is 12.6. The van der Waals surface area contributed by atoms with Crippen LogP contribution in [0, 0.1) is 11.3 Å². The lowest BCUT2D eigenvalue weighted by atomic mass is 9.61. The smallest absolute Gasteiger partial charge is 0.188 e. The summed E-state index contributed by atoms with van der Waals surface area (Å²) < 4.78 is 33.6. The van der Waals surface area contributed by atoms with Crippen molar-refractivity contribution >= 4 is 15.9 Å². The number of halogens is 1. The van der Waals surface area contributed by atoms with E-state index in [0.717, 1.165) is 74.3 Å². The number of hydrogen-bond acceptors (Lipinski definition) is 6. The van der Waals surface area contributed by atoms with Gasteiger partial charge in [-0.05, 0) is 67.7 Å². The van der Waals surface area contributed by atoms with E-state index in [-0.39, 0.29) is 19.0 Å². The first-order valence-corrected chi connectivity index (χ1v) is 13.8. The Kier molecular flexibility index (Phi) is 11.9. The average molecular weight is 554 g/mol. The number of fused-ring (bicyclic) bond motifs is 1. The summed E-state index contributed by atoms with van der Waals surface area (Å²) in [6, 6.07) is 6.20. The van der Waals surface area contributed by atoms with Crippen LogP contribution in [0.3, 0.4) is 0 Å². The molecule has 0 fully saturated rings. The van der Waals surface area contributed by atoms with Crippen LogP contribution in [0.2, 0.25) is 0 Å². The molecule has 35 heavy (non-hydrogen) atoms. The molecule has 0 amide bonds. The number of allylic oxidation sites excluding steroid dienone is 3. The van der Waals surface area contributed by atoms with E-state index in [1.54, 1.807) is 14.2 Å². The molecule has 2 aliphatic rings. The molecule has 0 saturated heterocycles. The molecule has 1 aromatic carbocycles. The maximum Gasteiger partial charge on any atom is 0.188 e. The van der Waals surface area contributed by atoms with Crippen LogP contribution in [0.5, 0.6) is 11.5 Å². The molecule has 196 valence electrons. The maximum atomic E-state index is 6.36. The summed E-state index contributed by atoms with van der Waals surface area (Å²) in [5.41, 5.74) is 1.24. The van der Waals surface area contributed by atoms with Crippen molar-refractivity contribution < 1.29 is 28.4 Å². The van der Waals surface area contributed by atoms with Gasteiger partial charge < -0.3 is 28.4 Å². The number of methoxy groups -OCH3 is 2. The van der Waals surface area contributed by atoms with Crippen LogP contribution in [-0.4, -0.2) is 53.0 Å². The molecule has 3 atom stereocenters. The van der Waals surface area contributed by atoms with Crippen LogP contribution in [0.1, 0.15) is 56.9 Å². The fourth-order valence-electron chi connectivity index (χ4n) is 4.96. The van der Waals surface area contributed by atoms with Crippen LogP contribution in [0.4, 0.5) is 0 Å². The third kappa shape index (κ3) is 7.97. The summed E-state index contributed by atoms with van der Waals surface area (Å²) in [4.78, 5) is 0. The number of alkyl halides is 1. The molecule has 3 rings (SSSR count). The summed E-state index contributed by atoms with van der Waals surface area (Å²) in [6.45, 7) is 5.20. The zero-order valence-corrected chi connectivity index (χ0v) is 23.0. The van der Waals surface area contributed by atoms with Crippen LogP contribution >= 0.6 is 15.9 Å². The molecule has 0 spiro atoms. The van der Waals surface area contributed by atoms with Gasteiger partial charge in [-0.25, -0.2) is 0 Å². The molecule has 0 aromatic heterocycles. The van der Waals surface area contributed by atoms with Crippen molar-refractivity contribution in [2.24, 2.45) is 11.3 Å². The summed E-state index contributed by atoms with van der Waals surface area (Å²) >= 11 is 3.47. The normalized spacial score (nSPS) is 23.4. The maximum absolute atomic E-state index is 6.36. The molecule has 1 aromatic rings. The van der Waals surface area contributed by atoms with Crippen molar-refractivity contribution in [2.75, 3.05) is 53.0 Å². The van der Waals surface area contributed by atoms with E-state index in [4.69, 9.17) is 28.4 Å². The molecule has 6 nitrogen and oxygen atoms in total. The average Bonchev–Trinajstić information content (AvgIpc) is 2.89. The highest BCUT2D eigenvalue weighted by atomic mass is 79.9. The summed E-state index contributed by atoms with van der Waals surface area (Å²) in [6.07, 6.45) is 13.0. The third-order valence-electron chi connectivity index (χ3n) is 7.00. The molecule has 0 bridgehead atoms. The highest BCUT2D eigenvalue weighted by molar-refractivity contribution is 9.09. The Hall–Kier alpha value is -1.54. The van der Waals surface area contributed by atoms with Gasteiger partial charge >= 0.3 is 0 Å². The van der Waals surface area contributed by atoms with Crippen LogP contribution < -0.4 is 9.47 Å². The minimum Gasteiger partial charge on any atom is -0.493 e. The third-order valence-corrected chi connectivity index (χ3v) is 7.56. The van der Waals surface area contributed by atoms with Crippen molar-refractivity contribution in [3.63, 3.8) is 0 Å². The number of ether oxygens (including phenoxy) is 6. The van der Waals surface area contributed by atoms with Gasteiger partial charge in [0.1, 0.15) is 17.3 Å². The SMILES string of the molecule is COCOC1=CCC([C@@]2(C)COc3cc(OCOC)ccc3[C@H]2CCCCOCCCCBr)C=C1. The van der Waals surface area contributed by atoms with Crippen LogP contribution in [0.15, 0.2) is 42.2 Å². The van der Waals surface area contributed by atoms with Gasteiger partial charge in [-0.15, -0.1) is 0 Å². The zero-order valence-electron chi connectivity index (χ0n) is 21.4. The van der Waals surface area contributed by atoms with Gasteiger partial charge in [-0.2, -0.15) is 0 Å².